The first-order valence-corrected chi connectivity index (χ1v) is 6.20. The summed E-state index contributed by atoms with van der Waals surface area (Å²) in [6.07, 6.45) is 0. The molecule has 0 bridgehead atoms. The van der Waals surface area contributed by atoms with Gasteiger partial charge in [-0.05, 0) is 31.2 Å². The lowest BCUT2D eigenvalue weighted by molar-refractivity contribution is 0.0948. The fourth-order valence-corrected chi connectivity index (χ4v) is 2.37. The van der Waals surface area contributed by atoms with Crippen molar-refractivity contribution in [3.05, 3.63) is 51.5 Å². The van der Waals surface area contributed by atoms with Gasteiger partial charge in [0.15, 0.2) is 0 Å². The van der Waals surface area contributed by atoms with Crippen LogP contribution in [0, 0.1) is 12.7 Å². The minimum absolute atomic E-state index is 0.0738. The second-order valence-electron chi connectivity index (χ2n) is 3.86. The minimum Gasteiger partial charge on any atom is -0.507 e. The average molecular weight is 265 g/mol. The van der Waals surface area contributed by atoms with E-state index in [1.54, 1.807) is 11.3 Å². The van der Waals surface area contributed by atoms with Crippen LogP contribution in [-0.2, 0) is 6.54 Å². The monoisotopic (exact) mass is 265 g/mol. The first-order valence-electron chi connectivity index (χ1n) is 5.38. The van der Waals surface area contributed by atoms with Crippen LogP contribution in [0.25, 0.3) is 0 Å². The van der Waals surface area contributed by atoms with E-state index in [2.05, 4.69) is 5.32 Å². The summed E-state index contributed by atoms with van der Waals surface area (Å²) in [7, 11) is 0. The van der Waals surface area contributed by atoms with Crippen LogP contribution in [0.1, 0.15) is 20.1 Å². The zero-order valence-electron chi connectivity index (χ0n) is 9.74. The molecule has 0 aliphatic heterocycles. The van der Waals surface area contributed by atoms with Crippen LogP contribution in [0.4, 0.5) is 4.39 Å². The molecule has 0 fully saturated rings. The summed E-state index contributed by atoms with van der Waals surface area (Å²) in [5, 5.41) is 12.1. The Morgan fingerprint density at radius 2 is 2.17 bits per heavy atom. The maximum absolute atomic E-state index is 12.8. The van der Waals surface area contributed by atoms with Crippen LogP contribution in [-0.4, -0.2) is 11.0 Å². The van der Waals surface area contributed by atoms with Gasteiger partial charge in [0.05, 0.1) is 12.1 Å². The Morgan fingerprint density at radius 3 is 2.78 bits per heavy atom. The second-order valence-corrected chi connectivity index (χ2v) is 5.23. The van der Waals surface area contributed by atoms with E-state index in [4.69, 9.17) is 0 Å². The van der Waals surface area contributed by atoms with Crippen LogP contribution in [0.15, 0.2) is 30.3 Å². The van der Waals surface area contributed by atoms with Crippen LogP contribution in [0.2, 0.25) is 0 Å². The molecule has 1 aromatic heterocycles. The van der Waals surface area contributed by atoms with E-state index in [1.807, 2.05) is 19.1 Å². The number of carbonyl (C=O) groups excluding carboxylic acids is 1. The number of nitrogens with one attached hydrogen (secondary N) is 1. The van der Waals surface area contributed by atoms with Gasteiger partial charge in [0.1, 0.15) is 11.6 Å². The smallest absolute Gasteiger partial charge is 0.255 e. The molecule has 2 aromatic rings. The molecule has 0 radical (unpaired) electrons. The fourth-order valence-electron chi connectivity index (χ4n) is 1.54. The highest BCUT2D eigenvalue weighted by Crippen LogP contribution is 2.19. The molecule has 18 heavy (non-hydrogen) atoms. The van der Waals surface area contributed by atoms with Gasteiger partial charge in [0.2, 0.25) is 0 Å². The first-order chi connectivity index (χ1) is 8.56. The number of rotatable bonds is 3. The Morgan fingerprint density at radius 1 is 1.39 bits per heavy atom. The molecule has 0 aliphatic rings. The van der Waals surface area contributed by atoms with E-state index < -0.39 is 11.7 Å². The second kappa shape index (κ2) is 5.18. The number of halogens is 1. The van der Waals surface area contributed by atoms with Crippen molar-refractivity contribution in [3.8, 4) is 5.75 Å². The summed E-state index contributed by atoms with van der Waals surface area (Å²) in [5.41, 5.74) is 0.0738. The molecule has 3 nitrogen and oxygen atoms in total. The number of amides is 1. The number of aryl methyl sites for hydroxylation is 1. The Kier molecular flexibility index (Phi) is 3.62. The number of aromatic hydroxyl groups is 1. The van der Waals surface area contributed by atoms with Gasteiger partial charge in [-0.25, -0.2) is 4.39 Å². The van der Waals surface area contributed by atoms with Crippen molar-refractivity contribution in [2.75, 3.05) is 0 Å². The number of phenols is 1. The Balaban J connectivity index is 2.03. The van der Waals surface area contributed by atoms with Crippen molar-refractivity contribution in [2.24, 2.45) is 0 Å². The summed E-state index contributed by atoms with van der Waals surface area (Å²) < 4.78 is 12.8. The van der Waals surface area contributed by atoms with Crippen molar-refractivity contribution in [1.29, 1.82) is 0 Å². The van der Waals surface area contributed by atoms with E-state index >= 15 is 0 Å². The maximum atomic E-state index is 12.8. The number of carbonyl (C=O) groups is 1. The fraction of sp³-hybridized carbons (Fsp3) is 0.154. The normalized spacial score (nSPS) is 10.3. The molecule has 5 heteroatoms. The lowest BCUT2D eigenvalue weighted by Gasteiger charge is -2.05. The third kappa shape index (κ3) is 2.87. The zero-order valence-corrected chi connectivity index (χ0v) is 10.6. The van der Waals surface area contributed by atoms with Crippen molar-refractivity contribution in [1.82, 2.24) is 5.32 Å². The van der Waals surface area contributed by atoms with Crippen molar-refractivity contribution < 1.29 is 14.3 Å². The molecule has 0 atom stereocenters. The molecule has 2 rings (SSSR count). The van der Waals surface area contributed by atoms with Crippen LogP contribution in [0.3, 0.4) is 0 Å². The molecule has 0 spiro atoms. The number of phenolic OH excluding ortho intramolecular Hbond substituents is 1. The van der Waals surface area contributed by atoms with Crippen molar-refractivity contribution in [3.63, 3.8) is 0 Å². The van der Waals surface area contributed by atoms with Gasteiger partial charge in [-0.3, -0.25) is 4.79 Å². The third-order valence-electron chi connectivity index (χ3n) is 2.42. The molecule has 0 aliphatic carbocycles. The number of hydrogen-bond acceptors (Lipinski definition) is 3. The minimum atomic E-state index is -0.571. The molecule has 0 unspecified atom stereocenters. The summed E-state index contributed by atoms with van der Waals surface area (Å²) in [6.45, 7) is 2.38. The lowest BCUT2D eigenvalue weighted by atomic mass is 10.2. The predicted molar refractivity (Wildman–Crippen MR) is 68.3 cm³/mol. The van der Waals surface area contributed by atoms with Gasteiger partial charge < -0.3 is 10.4 Å². The zero-order chi connectivity index (χ0) is 13.1. The summed E-state index contributed by atoms with van der Waals surface area (Å²) in [6, 6.07) is 7.24. The van der Waals surface area contributed by atoms with E-state index in [1.165, 1.54) is 10.9 Å². The Hall–Kier alpha value is -1.88. The highest BCUT2D eigenvalue weighted by molar-refractivity contribution is 7.11. The summed E-state index contributed by atoms with van der Waals surface area (Å²) >= 11 is 1.59. The van der Waals surface area contributed by atoms with E-state index in [-0.39, 0.29) is 11.3 Å². The predicted octanol–water partition coefficient (Wildman–Crippen LogP) is 2.83. The topological polar surface area (TPSA) is 49.3 Å². The van der Waals surface area contributed by atoms with Crippen LogP contribution < -0.4 is 5.32 Å². The van der Waals surface area contributed by atoms with E-state index in [0.717, 1.165) is 17.0 Å². The van der Waals surface area contributed by atoms with Gasteiger partial charge in [-0.1, -0.05) is 0 Å². The summed E-state index contributed by atoms with van der Waals surface area (Å²) in [4.78, 5) is 14.0. The lowest BCUT2D eigenvalue weighted by Crippen LogP contribution is -2.22. The molecular weight excluding hydrogens is 253 g/mol. The van der Waals surface area contributed by atoms with Gasteiger partial charge in [0.25, 0.3) is 5.91 Å². The molecule has 94 valence electrons. The largest absolute Gasteiger partial charge is 0.507 e. The molecule has 1 aromatic carbocycles. The van der Waals surface area contributed by atoms with Gasteiger partial charge in [-0.15, -0.1) is 11.3 Å². The maximum Gasteiger partial charge on any atom is 0.255 e. The van der Waals surface area contributed by atoms with Crippen molar-refractivity contribution >= 4 is 17.2 Å². The first kappa shape index (κ1) is 12.6. The molecule has 2 N–H and O–H groups in total. The van der Waals surface area contributed by atoms with Crippen LogP contribution >= 0.6 is 11.3 Å². The Labute approximate surface area is 108 Å². The third-order valence-corrected chi connectivity index (χ3v) is 3.42. The number of hydrogen-bond donors (Lipinski definition) is 2. The quantitative estimate of drug-likeness (QED) is 0.896. The highest BCUT2D eigenvalue weighted by atomic mass is 32.1. The van der Waals surface area contributed by atoms with Gasteiger partial charge in [-0.2, -0.15) is 0 Å². The molecular formula is C13H12FNO2S. The Bertz CT molecular complexity index is 580. The summed E-state index contributed by atoms with van der Waals surface area (Å²) in [5.74, 6) is -1.34. The van der Waals surface area contributed by atoms with Crippen LogP contribution in [0.5, 0.6) is 5.75 Å². The van der Waals surface area contributed by atoms with Gasteiger partial charge in [0, 0.05) is 15.8 Å². The average Bonchev–Trinajstić information content (AvgIpc) is 2.72. The number of benzene rings is 1. The van der Waals surface area contributed by atoms with E-state index in [9.17, 15) is 14.3 Å². The van der Waals surface area contributed by atoms with E-state index in [0.29, 0.717) is 6.54 Å². The molecule has 1 amide bonds. The molecule has 1 heterocycles. The highest BCUT2D eigenvalue weighted by Gasteiger charge is 2.11. The molecule has 0 saturated heterocycles. The SMILES string of the molecule is Cc1ccc(CNC(=O)c2ccc(F)cc2O)s1. The van der Waals surface area contributed by atoms with Gasteiger partial charge >= 0.3 is 0 Å². The van der Waals surface area contributed by atoms with Crippen molar-refractivity contribution in [2.45, 2.75) is 13.5 Å². The molecule has 0 saturated carbocycles. The standard InChI is InChI=1S/C13H12FNO2S/c1-8-2-4-10(18-8)7-15-13(17)11-5-3-9(14)6-12(11)16/h2-6,16H,7H2,1H3,(H,15,17). The number of thiophene rings is 1.